The first kappa shape index (κ1) is 17.8. The number of carbonyl (C=O) groups excluding carboxylic acids is 1. The van der Waals surface area contributed by atoms with Crippen LogP contribution in [-0.2, 0) is 4.79 Å². The molecular formula is C21H19N5O2S. The van der Waals surface area contributed by atoms with Crippen LogP contribution in [0.2, 0.25) is 0 Å². The topological polar surface area (TPSA) is 80.9 Å². The highest BCUT2D eigenvalue weighted by Gasteiger charge is 2.24. The summed E-state index contributed by atoms with van der Waals surface area (Å²) in [4.78, 5) is 21.8. The molecule has 0 bridgehead atoms. The molecule has 1 fully saturated rings. The third kappa shape index (κ3) is 3.71. The molecule has 3 heterocycles. The normalized spacial score (nSPS) is 19.1. The van der Waals surface area contributed by atoms with Gasteiger partial charge in [-0.25, -0.2) is 4.68 Å². The minimum atomic E-state index is -0.493. The zero-order valence-electron chi connectivity index (χ0n) is 15.8. The molecule has 5 rings (SSSR count). The zero-order valence-corrected chi connectivity index (χ0v) is 16.6. The molecule has 0 radical (unpaired) electrons. The van der Waals surface area contributed by atoms with Crippen molar-refractivity contribution in [1.82, 2.24) is 9.66 Å². The summed E-state index contributed by atoms with van der Waals surface area (Å²) in [7, 11) is 0. The predicted molar refractivity (Wildman–Crippen MR) is 112 cm³/mol. The van der Waals surface area contributed by atoms with Gasteiger partial charge in [0.2, 0.25) is 4.80 Å². The fraction of sp³-hybridized carbons (Fsp3) is 0.238. The largest absolute Gasteiger partial charge is 0.479 e. The van der Waals surface area contributed by atoms with Crippen LogP contribution in [-0.4, -0.2) is 33.9 Å². The highest BCUT2D eigenvalue weighted by molar-refractivity contribution is 7.07. The van der Waals surface area contributed by atoms with Crippen LogP contribution in [0.5, 0.6) is 5.75 Å². The molecule has 1 unspecified atom stereocenters. The Balaban J connectivity index is 1.57. The second kappa shape index (κ2) is 7.29. The average Bonchev–Trinajstić information content (AvgIpc) is 3.46. The van der Waals surface area contributed by atoms with Gasteiger partial charge in [0.15, 0.2) is 6.10 Å². The number of anilines is 1. The number of nitrogens with zero attached hydrogens (tertiary/aromatic N) is 4. The summed E-state index contributed by atoms with van der Waals surface area (Å²) in [5.74, 6) is 0.524. The van der Waals surface area contributed by atoms with E-state index >= 15 is 0 Å². The van der Waals surface area contributed by atoms with E-state index < -0.39 is 6.10 Å². The molecule has 1 N–H and O–H groups in total. The lowest BCUT2D eigenvalue weighted by Gasteiger charge is -2.23. The first-order valence-electron chi connectivity index (χ1n) is 9.48. The molecule has 2 aromatic heterocycles. The SMILES string of the molecule is CC1Oc2ccc(-c3csc(=NC4CC4)n3/N=C/c3cccnc3)cc2NC1=O. The van der Waals surface area contributed by atoms with E-state index in [1.165, 1.54) is 0 Å². The summed E-state index contributed by atoms with van der Waals surface area (Å²) in [5.41, 5.74) is 3.42. The number of nitrogens with one attached hydrogen (secondary N) is 1. The Hall–Kier alpha value is -3.26. The highest BCUT2D eigenvalue weighted by Crippen LogP contribution is 2.34. The van der Waals surface area contributed by atoms with Gasteiger partial charge in [-0.15, -0.1) is 11.3 Å². The van der Waals surface area contributed by atoms with Crippen LogP contribution in [0, 0.1) is 0 Å². The maximum absolute atomic E-state index is 12.0. The molecule has 1 saturated carbocycles. The molecule has 7 nitrogen and oxygen atoms in total. The van der Waals surface area contributed by atoms with Gasteiger partial charge < -0.3 is 10.1 Å². The summed E-state index contributed by atoms with van der Waals surface area (Å²) in [5, 5.41) is 9.63. The Bertz CT molecular complexity index is 1160. The van der Waals surface area contributed by atoms with E-state index in [1.54, 1.807) is 36.9 Å². The van der Waals surface area contributed by atoms with Gasteiger partial charge in [-0.2, -0.15) is 5.10 Å². The molecule has 0 spiro atoms. The van der Waals surface area contributed by atoms with Crippen molar-refractivity contribution >= 4 is 29.1 Å². The molecular weight excluding hydrogens is 386 g/mol. The third-order valence-corrected chi connectivity index (χ3v) is 5.57. The van der Waals surface area contributed by atoms with Crippen molar-refractivity contribution in [2.45, 2.75) is 31.9 Å². The summed E-state index contributed by atoms with van der Waals surface area (Å²) in [6.07, 6.45) is 7.03. The summed E-state index contributed by atoms with van der Waals surface area (Å²) < 4.78 is 7.52. The fourth-order valence-corrected chi connectivity index (χ4v) is 3.91. The van der Waals surface area contributed by atoms with E-state index in [1.807, 2.05) is 40.4 Å². The minimum Gasteiger partial charge on any atom is -0.479 e. The number of fused-ring (bicyclic) bond motifs is 1. The molecule has 1 aliphatic heterocycles. The number of hydrogen-bond acceptors (Lipinski definition) is 6. The maximum Gasteiger partial charge on any atom is 0.265 e. The van der Waals surface area contributed by atoms with E-state index in [9.17, 15) is 4.79 Å². The minimum absolute atomic E-state index is 0.146. The molecule has 3 aromatic rings. The van der Waals surface area contributed by atoms with Crippen molar-refractivity contribution in [2.24, 2.45) is 10.1 Å². The van der Waals surface area contributed by atoms with E-state index in [0.717, 1.165) is 34.5 Å². The van der Waals surface area contributed by atoms with Crippen molar-refractivity contribution < 1.29 is 9.53 Å². The van der Waals surface area contributed by atoms with Gasteiger partial charge in [0, 0.05) is 28.9 Å². The van der Waals surface area contributed by atoms with Crippen molar-refractivity contribution in [2.75, 3.05) is 5.32 Å². The first-order chi connectivity index (χ1) is 14.2. The van der Waals surface area contributed by atoms with Gasteiger partial charge in [0.05, 0.1) is 23.6 Å². The van der Waals surface area contributed by atoms with E-state index in [4.69, 9.17) is 9.73 Å². The zero-order chi connectivity index (χ0) is 19.8. The van der Waals surface area contributed by atoms with Crippen LogP contribution in [0.25, 0.3) is 11.3 Å². The number of thiazole rings is 1. The molecule has 8 heteroatoms. The van der Waals surface area contributed by atoms with Gasteiger partial charge in [-0.3, -0.25) is 14.8 Å². The Kier molecular flexibility index (Phi) is 4.48. The van der Waals surface area contributed by atoms with Gasteiger partial charge in [0.1, 0.15) is 5.75 Å². The lowest BCUT2D eigenvalue weighted by molar-refractivity contribution is -0.122. The second-order valence-corrected chi connectivity index (χ2v) is 7.90. The van der Waals surface area contributed by atoms with Crippen LogP contribution in [0.3, 0.4) is 0 Å². The van der Waals surface area contributed by atoms with Crippen molar-refractivity contribution in [1.29, 1.82) is 0 Å². The molecule has 29 heavy (non-hydrogen) atoms. The molecule has 1 aromatic carbocycles. The van der Waals surface area contributed by atoms with E-state index in [0.29, 0.717) is 17.5 Å². The number of rotatable bonds is 4. The Morgan fingerprint density at radius 1 is 1.34 bits per heavy atom. The number of hydrogen-bond donors (Lipinski definition) is 1. The first-order valence-corrected chi connectivity index (χ1v) is 10.4. The number of amides is 1. The van der Waals surface area contributed by atoms with Gasteiger partial charge in [0.25, 0.3) is 5.91 Å². The quantitative estimate of drug-likeness (QED) is 0.677. The van der Waals surface area contributed by atoms with E-state index in [2.05, 4.69) is 15.4 Å². The number of benzene rings is 1. The van der Waals surface area contributed by atoms with Crippen LogP contribution < -0.4 is 14.9 Å². The van der Waals surface area contributed by atoms with Gasteiger partial charge in [-0.1, -0.05) is 6.07 Å². The molecule has 0 saturated heterocycles. The molecule has 1 amide bonds. The standard InChI is InChI=1S/C21H19N5O2S/c1-13-20(27)25-17-9-15(4-7-19(17)28-13)18-12-29-21(24-16-5-6-16)26(18)23-11-14-3-2-8-22-10-14/h2-4,7-13,16H,5-6H2,1H3,(H,25,27)/b23-11+,24-21?. The van der Waals surface area contributed by atoms with Crippen molar-refractivity contribution in [3.63, 3.8) is 0 Å². The van der Waals surface area contributed by atoms with Crippen LogP contribution >= 0.6 is 11.3 Å². The average molecular weight is 405 g/mol. The van der Waals surface area contributed by atoms with Gasteiger partial charge >= 0.3 is 0 Å². The summed E-state index contributed by atoms with van der Waals surface area (Å²) >= 11 is 1.56. The highest BCUT2D eigenvalue weighted by atomic mass is 32.1. The monoisotopic (exact) mass is 405 g/mol. The third-order valence-electron chi connectivity index (χ3n) is 4.74. The lowest BCUT2D eigenvalue weighted by atomic mass is 10.1. The molecule has 1 atom stereocenters. The lowest BCUT2D eigenvalue weighted by Crippen LogP contribution is -2.34. The number of ether oxygens (including phenoxy) is 1. The van der Waals surface area contributed by atoms with Crippen LogP contribution in [0.15, 0.2) is 58.2 Å². The molecule has 146 valence electrons. The van der Waals surface area contributed by atoms with Crippen molar-refractivity contribution in [3.8, 4) is 17.0 Å². The van der Waals surface area contributed by atoms with Crippen molar-refractivity contribution in [3.05, 3.63) is 58.5 Å². The van der Waals surface area contributed by atoms with Gasteiger partial charge in [-0.05, 0) is 44.0 Å². The van der Waals surface area contributed by atoms with Crippen LogP contribution in [0.1, 0.15) is 25.3 Å². The fourth-order valence-electron chi connectivity index (χ4n) is 3.00. The molecule has 2 aliphatic rings. The predicted octanol–water partition coefficient (Wildman–Crippen LogP) is 3.28. The Morgan fingerprint density at radius 3 is 3.03 bits per heavy atom. The number of carbonyl (C=O) groups is 1. The number of pyridine rings is 1. The summed E-state index contributed by atoms with van der Waals surface area (Å²) in [6, 6.07) is 9.99. The van der Waals surface area contributed by atoms with E-state index in [-0.39, 0.29) is 5.91 Å². The Morgan fingerprint density at radius 2 is 2.24 bits per heavy atom. The second-order valence-electron chi connectivity index (χ2n) is 7.07. The smallest absolute Gasteiger partial charge is 0.265 e. The summed E-state index contributed by atoms with van der Waals surface area (Å²) in [6.45, 7) is 1.73. The maximum atomic E-state index is 12.0. The molecule has 1 aliphatic carbocycles. The number of aromatic nitrogens is 2. The Labute approximate surface area is 171 Å². The van der Waals surface area contributed by atoms with Crippen LogP contribution in [0.4, 0.5) is 5.69 Å².